The molecule has 0 saturated heterocycles. The Kier molecular flexibility index (Phi) is 17.5. The molecular weight excluding hydrogens is 284 g/mol. The molecule has 0 spiro atoms. The fraction of sp³-hybridized carbons (Fsp3) is 0.867. The van der Waals surface area contributed by atoms with E-state index in [2.05, 4.69) is 6.92 Å². The van der Waals surface area contributed by atoms with E-state index in [1.54, 1.807) is 0 Å². The molecule has 0 aliphatic rings. The summed E-state index contributed by atoms with van der Waals surface area (Å²) in [5, 5.41) is 8.58. The number of unbranched alkanes of at least 4 members (excludes halogenated alkanes) is 8. The molecular formula is C15H30CaO4. The molecule has 0 aliphatic heterocycles. The van der Waals surface area contributed by atoms with Crippen LogP contribution in [0.3, 0.4) is 0 Å². The van der Waals surface area contributed by atoms with Crippen molar-refractivity contribution in [3.8, 4) is 0 Å². The predicted molar refractivity (Wildman–Crippen MR) is 83.0 cm³/mol. The Hall–Kier alpha value is 0.200. The van der Waals surface area contributed by atoms with Gasteiger partial charge in [-0.05, 0) is 13.3 Å². The van der Waals surface area contributed by atoms with E-state index >= 15 is 0 Å². The van der Waals surface area contributed by atoms with Crippen molar-refractivity contribution in [2.45, 2.75) is 84.2 Å². The molecule has 20 heavy (non-hydrogen) atoms. The van der Waals surface area contributed by atoms with Crippen LogP contribution >= 0.6 is 0 Å². The number of carboxylic acids is 1. The maximum atomic E-state index is 11.3. The number of esters is 1. The first kappa shape index (κ1) is 22.5. The summed E-state index contributed by atoms with van der Waals surface area (Å²) in [6, 6.07) is 0. The average molecular weight is 314 g/mol. The molecule has 0 amide bonds. The molecule has 1 atom stereocenters. The summed E-state index contributed by atoms with van der Waals surface area (Å²) in [7, 11) is 0. The Morgan fingerprint density at radius 3 is 1.90 bits per heavy atom. The molecule has 116 valence electrons. The van der Waals surface area contributed by atoms with Gasteiger partial charge in [-0.15, -0.1) is 0 Å². The maximum absolute atomic E-state index is 11.3. The third-order valence-electron chi connectivity index (χ3n) is 3.14. The van der Waals surface area contributed by atoms with Crippen molar-refractivity contribution < 1.29 is 22.3 Å². The summed E-state index contributed by atoms with van der Waals surface area (Å²) >= 11 is 0. The van der Waals surface area contributed by atoms with E-state index < -0.39 is 18.0 Å². The molecule has 0 heterocycles. The van der Waals surface area contributed by atoms with Gasteiger partial charge in [0.1, 0.15) is 0 Å². The second-order valence-corrected chi connectivity index (χ2v) is 5.05. The minimum absolute atomic E-state index is 0. The first-order chi connectivity index (χ1) is 9.07. The number of ether oxygens (including phenoxy) is 1. The summed E-state index contributed by atoms with van der Waals surface area (Å²) in [5.41, 5.74) is 0. The molecule has 0 aromatic carbocycles. The number of hydrogen-bond donors (Lipinski definition) is 1. The second kappa shape index (κ2) is 15.6. The third-order valence-corrected chi connectivity index (χ3v) is 3.14. The Bertz CT molecular complexity index is 266. The number of carboxylic acid groups (broad SMARTS) is 1. The molecule has 0 aromatic rings. The third kappa shape index (κ3) is 14.6. The summed E-state index contributed by atoms with van der Waals surface area (Å²) in [6.45, 7) is 3.58. The van der Waals surface area contributed by atoms with Gasteiger partial charge in [0.15, 0.2) is 6.10 Å². The van der Waals surface area contributed by atoms with Gasteiger partial charge in [-0.25, -0.2) is 4.79 Å². The summed E-state index contributed by atoms with van der Waals surface area (Å²) in [6.07, 6.45) is 9.99. The Morgan fingerprint density at radius 2 is 1.45 bits per heavy atom. The minimum atomic E-state index is -1.10. The van der Waals surface area contributed by atoms with Crippen LogP contribution in [0.15, 0.2) is 0 Å². The van der Waals surface area contributed by atoms with Gasteiger partial charge in [0.05, 0.1) is 0 Å². The van der Waals surface area contributed by atoms with Gasteiger partial charge in [-0.1, -0.05) is 58.3 Å². The zero-order chi connectivity index (χ0) is 14.5. The van der Waals surface area contributed by atoms with Crippen molar-refractivity contribution >= 4 is 49.7 Å². The van der Waals surface area contributed by atoms with Gasteiger partial charge in [0, 0.05) is 6.42 Å². The van der Waals surface area contributed by atoms with Crippen LogP contribution in [0.25, 0.3) is 0 Å². The van der Waals surface area contributed by atoms with E-state index in [-0.39, 0.29) is 40.6 Å². The van der Waals surface area contributed by atoms with E-state index in [0.29, 0.717) is 6.42 Å². The SMILES string of the molecule is CCCCCCCCCCCC(=O)OC(C)C(=O)O.[Ca+2].[H-].[H-]. The molecule has 0 rings (SSSR count). The Morgan fingerprint density at radius 1 is 1.00 bits per heavy atom. The average Bonchev–Trinajstić information content (AvgIpc) is 2.36. The van der Waals surface area contributed by atoms with Crippen LogP contribution in [0, 0.1) is 0 Å². The van der Waals surface area contributed by atoms with Crippen LogP contribution in [0.4, 0.5) is 0 Å². The molecule has 0 fully saturated rings. The van der Waals surface area contributed by atoms with E-state index in [9.17, 15) is 9.59 Å². The van der Waals surface area contributed by atoms with Gasteiger partial charge in [-0.3, -0.25) is 4.79 Å². The zero-order valence-corrected chi connectivity index (χ0v) is 15.2. The standard InChI is InChI=1S/C15H28O4.Ca.2H/c1-3-4-5-6-7-8-9-10-11-12-14(16)19-13(2)15(17)18;;;/h13H,3-12H2,1-2H3,(H,17,18);;;/q;+2;2*-1. The molecule has 0 aliphatic carbocycles. The monoisotopic (exact) mass is 314 g/mol. The van der Waals surface area contributed by atoms with Crippen molar-refractivity contribution in [3.05, 3.63) is 0 Å². The smallest absolute Gasteiger partial charge is 1.00 e. The van der Waals surface area contributed by atoms with Crippen LogP contribution in [0.5, 0.6) is 0 Å². The van der Waals surface area contributed by atoms with Crippen molar-refractivity contribution in [2.24, 2.45) is 0 Å². The fourth-order valence-electron chi connectivity index (χ4n) is 1.89. The minimum Gasteiger partial charge on any atom is -1.00 e. The fourth-order valence-corrected chi connectivity index (χ4v) is 1.89. The van der Waals surface area contributed by atoms with E-state index in [4.69, 9.17) is 9.84 Å². The predicted octanol–water partition coefficient (Wildman–Crippen LogP) is 3.77. The molecule has 0 aromatic heterocycles. The van der Waals surface area contributed by atoms with E-state index in [1.807, 2.05) is 0 Å². The second-order valence-electron chi connectivity index (χ2n) is 5.05. The quantitative estimate of drug-likeness (QED) is 0.338. The number of aliphatic carboxylic acids is 1. The van der Waals surface area contributed by atoms with E-state index in [1.165, 1.54) is 45.4 Å². The van der Waals surface area contributed by atoms with Crippen LogP contribution < -0.4 is 0 Å². The van der Waals surface area contributed by atoms with Crippen molar-refractivity contribution in [3.63, 3.8) is 0 Å². The van der Waals surface area contributed by atoms with E-state index in [0.717, 1.165) is 19.3 Å². The topological polar surface area (TPSA) is 63.6 Å². The van der Waals surface area contributed by atoms with Crippen LogP contribution in [-0.2, 0) is 14.3 Å². The number of carbonyl (C=O) groups is 2. The largest absolute Gasteiger partial charge is 2.00 e. The molecule has 0 radical (unpaired) electrons. The Balaban J connectivity index is -0.000000540. The van der Waals surface area contributed by atoms with Crippen molar-refractivity contribution in [1.82, 2.24) is 0 Å². The van der Waals surface area contributed by atoms with Gasteiger partial charge >= 0.3 is 49.7 Å². The molecule has 0 bridgehead atoms. The van der Waals surface area contributed by atoms with Crippen LogP contribution in [0.2, 0.25) is 0 Å². The molecule has 4 nitrogen and oxygen atoms in total. The van der Waals surface area contributed by atoms with Gasteiger partial charge < -0.3 is 12.7 Å². The van der Waals surface area contributed by atoms with Crippen molar-refractivity contribution in [2.75, 3.05) is 0 Å². The van der Waals surface area contributed by atoms with Crippen LogP contribution in [-0.4, -0.2) is 60.9 Å². The Labute approximate surface area is 155 Å². The first-order valence-electron chi connectivity index (χ1n) is 7.50. The summed E-state index contributed by atoms with van der Waals surface area (Å²) < 4.78 is 4.75. The van der Waals surface area contributed by atoms with Gasteiger partial charge in [-0.2, -0.15) is 0 Å². The molecule has 1 N–H and O–H groups in total. The molecule has 5 heteroatoms. The van der Waals surface area contributed by atoms with Crippen LogP contribution in [0.1, 0.15) is 80.9 Å². The number of carbonyl (C=O) groups excluding carboxylic acids is 1. The number of hydrogen-bond acceptors (Lipinski definition) is 3. The maximum Gasteiger partial charge on any atom is 2.00 e. The summed E-state index contributed by atoms with van der Waals surface area (Å²) in [5.74, 6) is -1.50. The van der Waals surface area contributed by atoms with Gasteiger partial charge in [0.25, 0.3) is 0 Å². The molecule has 1 unspecified atom stereocenters. The normalized spacial score (nSPS) is 11.5. The van der Waals surface area contributed by atoms with Gasteiger partial charge in [0.2, 0.25) is 0 Å². The number of rotatable bonds is 12. The first-order valence-corrected chi connectivity index (χ1v) is 7.50. The zero-order valence-electron chi connectivity index (χ0n) is 15.0. The summed E-state index contributed by atoms with van der Waals surface area (Å²) in [4.78, 5) is 21.8. The molecule has 0 saturated carbocycles. The van der Waals surface area contributed by atoms with Crippen molar-refractivity contribution in [1.29, 1.82) is 0 Å².